The van der Waals surface area contributed by atoms with Gasteiger partial charge in [-0.2, -0.15) is 7.11 Å². The molecule has 0 aliphatic rings. The number of para-hydroxylation sites is 1. The minimum Gasteiger partial charge on any atom is -0.857 e. The van der Waals surface area contributed by atoms with E-state index in [1.165, 1.54) is 12.1 Å². The van der Waals surface area contributed by atoms with Gasteiger partial charge in [-0.05, 0) is 49.6 Å². The SMILES string of the molecule is CCn1c(/C=C/C(O)CCCC=O)c(-c2ccc(F)cc2)c2ccccc21.CO.C[O-].[Na+]. The third-order valence-electron chi connectivity index (χ3n) is 4.76. The second-order valence-corrected chi connectivity index (χ2v) is 6.55. The number of aryl methyl sites for hydroxylation is 1. The van der Waals surface area contributed by atoms with Gasteiger partial charge in [0.05, 0.1) is 6.10 Å². The number of aromatic nitrogens is 1. The Balaban J connectivity index is 0.00000182. The maximum absolute atomic E-state index is 13.4. The van der Waals surface area contributed by atoms with Crippen molar-refractivity contribution in [2.75, 3.05) is 14.2 Å². The van der Waals surface area contributed by atoms with Crippen molar-refractivity contribution < 1.29 is 54.1 Å². The summed E-state index contributed by atoms with van der Waals surface area (Å²) in [6.07, 6.45) is 5.66. The summed E-state index contributed by atoms with van der Waals surface area (Å²) in [6.45, 7) is 2.86. The molecule has 0 bridgehead atoms. The molecule has 0 radical (unpaired) electrons. The Bertz CT molecular complexity index is 954. The van der Waals surface area contributed by atoms with Gasteiger partial charge in [-0.25, -0.2) is 4.39 Å². The molecule has 0 aliphatic heterocycles. The van der Waals surface area contributed by atoms with Crippen molar-refractivity contribution in [2.24, 2.45) is 0 Å². The quantitative estimate of drug-likeness (QED) is 0.301. The van der Waals surface area contributed by atoms with Crippen LogP contribution in [0.3, 0.4) is 0 Å². The van der Waals surface area contributed by atoms with Crippen LogP contribution in [0.5, 0.6) is 0 Å². The molecular formula is C25H31FNNaO4. The summed E-state index contributed by atoms with van der Waals surface area (Å²) >= 11 is 0. The molecule has 5 nitrogen and oxygen atoms in total. The maximum atomic E-state index is 13.4. The van der Waals surface area contributed by atoms with Crippen molar-refractivity contribution in [3.05, 3.63) is 66.1 Å². The standard InChI is InChI=1S/C23H24FNO2.CH4O.CH3O.Na/c1-2-25-21-9-4-3-8-20(21)23(17-10-12-18(24)13-11-17)22(25)15-14-19(27)7-5-6-16-26;2*1-2;/h3-4,8-16,19,27H,2,5-7H2,1H3;2H,1H3;1H3;/q;;-1;+1/b15-14+;;;. The molecule has 0 fully saturated rings. The fourth-order valence-corrected chi connectivity index (χ4v) is 3.47. The molecule has 1 unspecified atom stereocenters. The fourth-order valence-electron chi connectivity index (χ4n) is 3.47. The minimum atomic E-state index is -0.602. The number of rotatable bonds is 8. The zero-order valence-corrected chi connectivity index (χ0v) is 21.3. The summed E-state index contributed by atoms with van der Waals surface area (Å²) in [5.41, 5.74) is 4.06. The van der Waals surface area contributed by atoms with Crippen molar-refractivity contribution >= 4 is 23.3 Å². The van der Waals surface area contributed by atoms with E-state index in [1.807, 2.05) is 18.2 Å². The molecule has 32 heavy (non-hydrogen) atoms. The van der Waals surface area contributed by atoms with Gasteiger partial charge in [0.15, 0.2) is 0 Å². The Hall–Kier alpha value is -1.80. The maximum Gasteiger partial charge on any atom is 1.00 e. The molecule has 0 spiro atoms. The third-order valence-corrected chi connectivity index (χ3v) is 4.76. The number of aldehydes is 1. The van der Waals surface area contributed by atoms with E-state index in [-0.39, 0.29) is 35.4 Å². The largest absolute Gasteiger partial charge is 1.00 e. The van der Waals surface area contributed by atoms with Crippen molar-refractivity contribution in [1.82, 2.24) is 4.57 Å². The second-order valence-electron chi connectivity index (χ2n) is 6.55. The second kappa shape index (κ2) is 16.8. The molecule has 168 valence electrons. The van der Waals surface area contributed by atoms with E-state index >= 15 is 0 Å². The van der Waals surface area contributed by atoms with E-state index < -0.39 is 6.10 Å². The summed E-state index contributed by atoms with van der Waals surface area (Å²) in [5, 5.41) is 26.6. The Morgan fingerprint density at radius 3 is 2.31 bits per heavy atom. The van der Waals surface area contributed by atoms with E-state index in [9.17, 15) is 14.3 Å². The first kappa shape index (κ1) is 30.2. The summed E-state index contributed by atoms with van der Waals surface area (Å²) in [7, 11) is 1.75. The first-order chi connectivity index (χ1) is 15.2. The first-order valence-electron chi connectivity index (χ1n) is 10.2. The van der Waals surface area contributed by atoms with Crippen molar-refractivity contribution in [3.63, 3.8) is 0 Å². The van der Waals surface area contributed by atoms with E-state index in [1.54, 1.807) is 18.2 Å². The average molecular weight is 452 g/mol. The number of hydrogen-bond donors (Lipinski definition) is 2. The molecule has 0 amide bonds. The number of unbranched alkanes of at least 4 members (excludes halogenated alkanes) is 1. The van der Waals surface area contributed by atoms with Gasteiger partial charge in [0, 0.05) is 42.2 Å². The first-order valence-corrected chi connectivity index (χ1v) is 10.2. The van der Waals surface area contributed by atoms with Gasteiger partial charge in [0.2, 0.25) is 0 Å². The van der Waals surface area contributed by atoms with Crippen LogP contribution < -0.4 is 34.7 Å². The molecule has 1 heterocycles. The Morgan fingerprint density at radius 2 is 1.72 bits per heavy atom. The molecule has 2 N–H and O–H groups in total. The Labute approximate surface area is 211 Å². The van der Waals surface area contributed by atoms with Crippen LogP contribution in [0.2, 0.25) is 0 Å². The fraction of sp³-hybridized carbons (Fsp3) is 0.320. The van der Waals surface area contributed by atoms with Gasteiger partial charge in [0.1, 0.15) is 12.1 Å². The van der Waals surface area contributed by atoms with Crippen LogP contribution in [-0.2, 0) is 11.3 Å². The summed E-state index contributed by atoms with van der Waals surface area (Å²) < 4.78 is 15.6. The predicted molar refractivity (Wildman–Crippen MR) is 122 cm³/mol. The molecule has 0 saturated heterocycles. The van der Waals surface area contributed by atoms with Crippen molar-refractivity contribution in [3.8, 4) is 11.1 Å². The van der Waals surface area contributed by atoms with E-state index in [4.69, 9.17) is 10.2 Å². The van der Waals surface area contributed by atoms with Crippen LogP contribution in [0.25, 0.3) is 28.1 Å². The number of aliphatic hydroxyl groups is 2. The van der Waals surface area contributed by atoms with Crippen LogP contribution >= 0.6 is 0 Å². The minimum absolute atomic E-state index is 0. The normalized spacial score (nSPS) is 11.1. The van der Waals surface area contributed by atoms with Gasteiger partial charge < -0.3 is 24.7 Å². The van der Waals surface area contributed by atoms with E-state index in [0.717, 1.165) is 54.8 Å². The molecule has 7 heteroatoms. The topological polar surface area (TPSA) is 85.5 Å². The number of halogens is 1. The smallest absolute Gasteiger partial charge is 0.857 e. The number of aliphatic hydroxyl groups excluding tert-OH is 2. The summed E-state index contributed by atoms with van der Waals surface area (Å²) in [4.78, 5) is 10.4. The predicted octanol–water partition coefficient (Wildman–Crippen LogP) is 0.800. The molecule has 0 saturated carbocycles. The number of fused-ring (bicyclic) bond motifs is 1. The summed E-state index contributed by atoms with van der Waals surface area (Å²) in [6, 6.07) is 14.7. The van der Waals surface area contributed by atoms with Gasteiger partial charge in [-0.1, -0.05) is 36.4 Å². The molecule has 0 aliphatic carbocycles. The number of hydrogen-bond acceptors (Lipinski definition) is 4. The molecule has 3 aromatic rings. The van der Waals surface area contributed by atoms with Crippen LogP contribution in [0, 0.1) is 5.82 Å². The average Bonchev–Trinajstić information content (AvgIpc) is 3.14. The van der Waals surface area contributed by atoms with Gasteiger partial charge in [0.25, 0.3) is 0 Å². The summed E-state index contributed by atoms with van der Waals surface area (Å²) in [5.74, 6) is -0.263. The van der Waals surface area contributed by atoms with Crippen molar-refractivity contribution in [1.29, 1.82) is 0 Å². The molecule has 1 atom stereocenters. The van der Waals surface area contributed by atoms with Crippen LogP contribution in [0.15, 0.2) is 54.6 Å². The zero-order valence-electron chi connectivity index (χ0n) is 19.3. The van der Waals surface area contributed by atoms with E-state index in [0.29, 0.717) is 19.3 Å². The Morgan fingerprint density at radius 1 is 1.09 bits per heavy atom. The van der Waals surface area contributed by atoms with Gasteiger partial charge >= 0.3 is 29.6 Å². The van der Waals surface area contributed by atoms with Crippen molar-refractivity contribution in [2.45, 2.75) is 38.8 Å². The number of nitrogens with zero attached hydrogens (tertiary/aromatic N) is 1. The number of carbonyl (C=O) groups excluding carboxylic acids is 1. The number of carbonyl (C=O) groups is 1. The van der Waals surface area contributed by atoms with Crippen LogP contribution in [0.4, 0.5) is 4.39 Å². The number of benzene rings is 2. The van der Waals surface area contributed by atoms with E-state index in [2.05, 4.69) is 23.6 Å². The Kier molecular flexibility index (Phi) is 15.8. The van der Waals surface area contributed by atoms with Gasteiger partial charge in [-0.15, -0.1) is 0 Å². The zero-order chi connectivity index (χ0) is 23.2. The van der Waals surface area contributed by atoms with Crippen LogP contribution in [-0.4, -0.2) is 41.4 Å². The monoisotopic (exact) mass is 451 g/mol. The molecule has 3 rings (SSSR count). The third kappa shape index (κ3) is 7.96. The molecule has 1 aromatic heterocycles. The van der Waals surface area contributed by atoms with Gasteiger partial charge in [-0.3, -0.25) is 0 Å². The van der Waals surface area contributed by atoms with Crippen LogP contribution in [0.1, 0.15) is 31.9 Å². The molecule has 2 aromatic carbocycles. The molecular weight excluding hydrogens is 420 g/mol.